The van der Waals surface area contributed by atoms with E-state index in [1.807, 2.05) is 0 Å². The zero-order valence-corrected chi connectivity index (χ0v) is 21.7. The summed E-state index contributed by atoms with van der Waals surface area (Å²) in [5.41, 5.74) is 5.84. The van der Waals surface area contributed by atoms with E-state index in [1.54, 1.807) is 0 Å². The molecule has 3 aromatic rings. The van der Waals surface area contributed by atoms with Gasteiger partial charge in [0.2, 0.25) is 0 Å². The van der Waals surface area contributed by atoms with Crippen LogP contribution in [0.4, 0.5) is 0 Å². The number of hydrogen-bond donors (Lipinski definition) is 0. The van der Waals surface area contributed by atoms with E-state index in [-0.39, 0.29) is 56.4 Å². The van der Waals surface area contributed by atoms with Gasteiger partial charge in [0.15, 0.2) is 0 Å². The molecule has 1 aliphatic carbocycles. The van der Waals surface area contributed by atoms with Gasteiger partial charge in [-0.3, -0.25) is 0 Å². The van der Waals surface area contributed by atoms with Crippen molar-refractivity contribution in [3.05, 3.63) is 65.7 Å². The summed E-state index contributed by atoms with van der Waals surface area (Å²) in [4.78, 5) is 0. The number of rotatable bonds is 3. The molecule has 4 rings (SSSR count). The smallest absolute Gasteiger partial charge is 1.00 e. The summed E-state index contributed by atoms with van der Waals surface area (Å²) in [7, 11) is 0. The Kier molecular flexibility index (Phi) is 10.3. The molecule has 0 saturated heterocycles. The van der Waals surface area contributed by atoms with E-state index in [2.05, 4.69) is 75.4 Å². The van der Waals surface area contributed by atoms with Crippen LogP contribution in [0.1, 0.15) is 64.0 Å². The molecule has 1 radical (unpaired) electrons. The number of fused-ring (bicyclic) bond motifs is 1. The van der Waals surface area contributed by atoms with Crippen molar-refractivity contribution in [3.8, 4) is 11.1 Å². The van der Waals surface area contributed by atoms with Crippen LogP contribution in [0.15, 0.2) is 54.6 Å². The van der Waals surface area contributed by atoms with E-state index in [0.29, 0.717) is 0 Å². The molecule has 3 aromatic carbocycles. The Morgan fingerprint density at radius 3 is 2.17 bits per heavy atom. The normalized spacial score (nSPS) is 14.6. The summed E-state index contributed by atoms with van der Waals surface area (Å²) in [5.74, 6) is 0.898. The van der Waals surface area contributed by atoms with E-state index >= 15 is 0 Å². The van der Waals surface area contributed by atoms with Gasteiger partial charge in [-0.2, -0.15) is 6.07 Å². The van der Waals surface area contributed by atoms with E-state index in [0.717, 1.165) is 5.92 Å². The number of benzene rings is 2. The molecule has 153 valence electrons. The SMILES string of the molecule is CC(C)(C)c1ccc(-c2cccc3[cH-]c(CC4CCCCC4)cc23)cc1.[Cl-].[Cl-].[Zr+3]. The molecule has 0 heterocycles. The van der Waals surface area contributed by atoms with Crippen LogP contribution in [0, 0.1) is 5.92 Å². The van der Waals surface area contributed by atoms with Crippen molar-refractivity contribution >= 4 is 10.8 Å². The first-order valence-corrected chi connectivity index (χ1v) is 10.3. The Morgan fingerprint density at radius 2 is 1.55 bits per heavy atom. The zero-order chi connectivity index (χ0) is 18.1. The molecule has 0 N–H and O–H groups in total. The van der Waals surface area contributed by atoms with Crippen molar-refractivity contribution in [3.63, 3.8) is 0 Å². The molecular formula is C26H31Cl2Zr. The Balaban J connectivity index is 0.00000140. The second kappa shape index (κ2) is 11.2. The number of halogens is 2. The first-order valence-electron chi connectivity index (χ1n) is 10.3. The first-order chi connectivity index (χ1) is 12.5. The van der Waals surface area contributed by atoms with E-state index in [9.17, 15) is 0 Å². The molecule has 1 fully saturated rings. The van der Waals surface area contributed by atoms with Gasteiger partial charge >= 0.3 is 26.2 Å². The topological polar surface area (TPSA) is 0 Å². The van der Waals surface area contributed by atoms with Crippen molar-refractivity contribution in [2.75, 3.05) is 0 Å². The molecule has 3 heteroatoms. The molecule has 0 unspecified atom stereocenters. The Labute approximate surface area is 208 Å². The minimum atomic E-state index is 0. The fourth-order valence-electron chi connectivity index (χ4n) is 4.54. The fraction of sp³-hybridized carbons (Fsp3) is 0.423. The molecule has 0 bridgehead atoms. The third-order valence-electron chi connectivity index (χ3n) is 6.12. The molecule has 1 saturated carbocycles. The van der Waals surface area contributed by atoms with E-state index in [1.165, 1.54) is 71.6 Å². The monoisotopic (exact) mass is 503 g/mol. The van der Waals surface area contributed by atoms with Gasteiger partial charge in [-0.05, 0) is 28.9 Å². The van der Waals surface area contributed by atoms with Gasteiger partial charge in [-0.1, -0.05) is 88.8 Å². The van der Waals surface area contributed by atoms with Crippen molar-refractivity contribution < 1.29 is 51.0 Å². The predicted octanol–water partition coefficient (Wildman–Crippen LogP) is 1.65. The van der Waals surface area contributed by atoms with Gasteiger partial charge in [0.25, 0.3) is 0 Å². The third kappa shape index (κ3) is 6.25. The molecule has 0 atom stereocenters. The summed E-state index contributed by atoms with van der Waals surface area (Å²) < 4.78 is 0. The average molecular weight is 506 g/mol. The van der Waals surface area contributed by atoms with Crippen molar-refractivity contribution in [1.82, 2.24) is 0 Å². The minimum absolute atomic E-state index is 0. The van der Waals surface area contributed by atoms with Gasteiger partial charge in [0, 0.05) is 0 Å². The standard InChI is InChI=1S/C26H31.2ClH.Zr/c1-26(2,3)23-14-12-21(13-15-23)24-11-7-10-22-17-20(18-25(22)24)16-19-8-5-4-6-9-19;;;/h7,10-15,17-19H,4-6,8-9,16H2,1-3H3;2*1H;/q-1;;;+3/p-2. The van der Waals surface area contributed by atoms with Gasteiger partial charge in [0.1, 0.15) is 0 Å². The Bertz CT molecular complexity index is 881. The maximum Gasteiger partial charge on any atom is 3.00 e. The number of hydrogen-bond acceptors (Lipinski definition) is 0. The summed E-state index contributed by atoms with van der Waals surface area (Å²) in [6, 6.07) is 20.8. The van der Waals surface area contributed by atoms with Gasteiger partial charge in [-0.25, -0.2) is 0 Å². The molecule has 0 aromatic heterocycles. The third-order valence-corrected chi connectivity index (χ3v) is 6.12. The molecule has 0 aliphatic heterocycles. The maximum absolute atomic E-state index is 2.46. The quantitative estimate of drug-likeness (QED) is 0.475. The molecule has 1 aliphatic rings. The van der Waals surface area contributed by atoms with Crippen LogP contribution in [-0.4, -0.2) is 0 Å². The van der Waals surface area contributed by atoms with Crippen LogP contribution in [0.2, 0.25) is 0 Å². The second-order valence-electron chi connectivity index (χ2n) is 9.21. The van der Waals surface area contributed by atoms with Crippen molar-refractivity contribution in [1.29, 1.82) is 0 Å². The van der Waals surface area contributed by atoms with Gasteiger partial charge in [-0.15, -0.1) is 34.5 Å². The van der Waals surface area contributed by atoms with Crippen LogP contribution < -0.4 is 24.8 Å². The van der Waals surface area contributed by atoms with Crippen molar-refractivity contribution in [2.24, 2.45) is 5.92 Å². The summed E-state index contributed by atoms with van der Waals surface area (Å²) in [6.45, 7) is 6.83. The van der Waals surface area contributed by atoms with Crippen molar-refractivity contribution in [2.45, 2.75) is 64.7 Å². The second-order valence-corrected chi connectivity index (χ2v) is 9.21. The van der Waals surface area contributed by atoms with E-state index in [4.69, 9.17) is 0 Å². The van der Waals surface area contributed by atoms with Crippen LogP contribution in [0.3, 0.4) is 0 Å². The Morgan fingerprint density at radius 1 is 0.897 bits per heavy atom. The molecular weight excluding hydrogens is 474 g/mol. The van der Waals surface area contributed by atoms with Gasteiger partial charge < -0.3 is 24.8 Å². The molecule has 0 spiro atoms. The summed E-state index contributed by atoms with van der Waals surface area (Å²) >= 11 is 0. The zero-order valence-electron chi connectivity index (χ0n) is 17.8. The minimum Gasteiger partial charge on any atom is -1.00 e. The van der Waals surface area contributed by atoms with Gasteiger partial charge in [0.05, 0.1) is 0 Å². The van der Waals surface area contributed by atoms with Crippen LogP contribution in [0.5, 0.6) is 0 Å². The molecule has 0 nitrogen and oxygen atoms in total. The van der Waals surface area contributed by atoms with Crippen LogP contribution >= 0.6 is 0 Å². The van der Waals surface area contributed by atoms with Crippen LogP contribution in [-0.2, 0) is 38.0 Å². The summed E-state index contributed by atoms with van der Waals surface area (Å²) in [6.07, 6.45) is 8.39. The maximum atomic E-state index is 2.46. The van der Waals surface area contributed by atoms with E-state index < -0.39 is 0 Å². The molecule has 0 amide bonds. The molecule has 29 heavy (non-hydrogen) atoms. The van der Waals surface area contributed by atoms with Crippen LogP contribution in [0.25, 0.3) is 21.9 Å². The predicted molar refractivity (Wildman–Crippen MR) is 114 cm³/mol. The largest absolute Gasteiger partial charge is 3.00 e. The summed E-state index contributed by atoms with van der Waals surface area (Å²) in [5, 5.41) is 2.81. The first kappa shape index (κ1) is 26.5. The average Bonchev–Trinajstić information content (AvgIpc) is 3.04. The fourth-order valence-corrected chi connectivity index (χ4v) is 4.54. The Hall–Kier alpha value is -0.487.